The Kier molecular flexibility index (Phi) is 5.25. The van der Waals surface area contributed by atoms with Crippen molar-refractivity contribution in [2.75, 3.05) is 5.45 Å². The molecule has 0 aromatic heterocycles. The summed E-state index contributed by atoms with van der Waals surface area (Å²) in [6, 6.07) is 19.2. The van der Waals surface area contributed by atoms with Gasteiger partial charge in [-0.2, -0.15) is 0 Å². The van der Waals surface area contributed by atoms with Gasteiger partial charge >= 0.3 is 0 Å². The summed E-state index contributed by atoms with van der Waals surface area (Å²) in [6.45, 7) is 0. The van der Waals surface area contributed by atoms with Crippen LogP contribution in [0, 0.1) is 0 Å². The van der Waals surface area contributed by atoms with Crippen LogP contribution in [0.1, 0.15) is 0 Å². The third-order valence-electron chi connectivity index (χ3n) is 3.13. The van der Waals surface area contributed by atoms with Crippen LogP contribution in [0.15, 0.2) is 80.3 Å². The fraction of sp³-hybridized carbons (Fsp3) is 0.0588. The molecule has 0 atom stereocenters. The fourth-order valence-corrected chi connectivity index (χ4v) is 4.55. The van der Waals surface area contributed by atoms with E-state index in [0.717, 1.165) is 9.79 Å². The van der Waals surface area contributed by atoms with E-state index in [2.05, 4.69) is 15.9 Å². The molecule has 0 aliphatic carbocycles. The molecule has 3 rings (SSSR count). The maximum absolute atomic E-state index is 12.5. The van der Waals surface area contributed by atoms with E-state index in [1.165, 1.54) is 28.4 Å². The number of amides is 2. The maximum Gasteiger partial charge on any atom is 0.269 e. The van der Waals surface area contributed by atoms with Gasteiger partial charge in [-0.1, -0.05) is 75.9 Å². The average molecular weight is 406 g/mol. The predicted molar refractivity (Wildman–Crippen MR) is 97.3 cm³/mol. The molecule has 2 aromatic carbocycles. The van der Waals surface area contributed by atoms with Crippen LogP contribution in [-0.2, 0) is 9.59 Å². The van der Waals surface area contributed by atoms with E-state index in [0.29, 0.717) is 9.81 Å². The Morgan fingerprint density at radius 2 is 1.13 bits per heavy atom. The quantitative estimate of drug-likeness (QED) is 0.416. The zero-order valence-corrected chi connectivity index (χ0v) is 15.2. The Bertz CT molecular complexity index is 699. The minimum atomic E-state index is -0.251. The standard InChI is InChI=1S/C17H12BrNO2S2/c18-11-19-16(20)14(22-12-7-3-1-4-8-12)15(17(19)21)23-13-9-5-2-6-10-13/h1-10H,11H2. The molecular formula is C17H12BrNO2S2. The summed E-state index contributed by atoms with van der Waals surface area (Å²) in [5, 5.41) is 0. The molecule has 2 amide bonds. The summed E-state index contributed by atoms with van der Waals surface area (Å²) >= 11 is 5.89. The smallest absolute Gasteiger partial charge is 0.268 e. The molecule has 1 aliphatic heterocycles. The van der Waals surface area contributed by atoms with Gasteiger partial charge in [0.15, 0.2) is 0 Å². The fourth-order valence-electron chi connectivity index (χ4n) is 2.03. The zero-order chi connectivity index (χ0) is 16.2. The number of hydrogen-bond donors (Lipinski definition) is 0. The van der Waals surface area contributed by atoms with Crippen LogP contribution < -0.4 is 0 Å². The number of imide groups is 1. The molecule has 0 N–H and O–H groups in total. The molecule has 0 unspecified atom stereocenters. The molecule has 1 aliphatic rings. The molecule has 0 radical (unpaired) electrons. The van der Waals surface area contributed by atoms with Crippen LogP contribution in [0.2, 0.25) is 0 Å². The first-order valence-corrected chi connectivity index (χ1v) is 9.58. The Labute approximate surface area is 151 Å². The molecular weight excluding hydrogens is 394 g/mol. The van der Waals surface area contributed by atoms with Crippen molar-refractivity contribution in [3.8, 4) is 0 Å². The van der Waals surface area contributed by atoms with Gasteiger partial charge in [0.1, 0.15) is 0 Å². The topological polar surface area (TPSA) is 37.4 Å². The monoisotopic (exact) mass is 405 g/mol. The van der Waals surface area contributed by atoms with Crippen molar-refractivity contribution in [3.63, 3.8) is 0 Å². The molecule has 0 bridgehead atoms. The van der Waals surface area contributed by atoms with Gasteiger partial charge in [0.05, 0.1) is 15.3 Å². The minimum absolute atomic E-state index is 0.197. The van der Waals surface area contributed by atoms with Crippen LogP contribution >= 0.6 is 39.5 Å². The van der Waals surface area contributed by atoms with Crippen LogP contribution in [0.5, 0.6) is 0 Å². The van der Waals surface area contributed by atoms with Gasteiger partial charge in [0.2, 0.25) is 0 Å². The largest absolute Gasteiger partial charge is 0.269 e. The second-order valence-electron chi connectivity index (χ2n) is 4.65. The normalized spacial score (nSPS) is 14.7. The Balaban J connectivity index is 1.96. The summed E-state index contributed by atoms with van der Waals surface area (Å²) in [4.78, 5) is 29.1. The molecule has 0 saturated carbocycles. The Morgan fingerprint density at radius 3 is 1.48 bits per heavy atom. The molecule has 3 nitrogen and oxygen atoms in total. The Hall–Kier alpha value is -1.50. The van der Waals surface area contributed by atoms with Crippen molar-refractivity contribution in [1.82, 2.24) is 4.90 Å². The van der Waals surface area contributed by atoms with Crippen LogP contribution in [0.25, 0.3) is 0 Å². The first-order valence-electron chi connectivity index (χ1n) is 6.83. The van der Waals surface area contributed by atoms with Crippen LogP contribution in [0.4, 0.5) is 0 Å². The predicted octanol–water partition coefficient (Wildman–Crippen LogP) is 4.50. The lowest BCUT2D eigenvalue weighted by atomic mass is 10.4. The molecule has 6 heteroatoms. The molecule has 0 saturated heterocycles. The minimum Gasteiger partial charge on any atom is -0.268 e. The molecule has 1 heterocycles. The second-order valence-corrected chi connectivity index (χ2v) is 7.32. The van der Waals surface area contributed by atoms with Crippen LogP contribution in [-0.4, -0.2) is 22.2 Å². The van der Waals surface area contributed by atoms with Crippen molar-refractivity contribution in [3.05, 3.63) is 70.5 Å². The third kappa shape index (κ3) is 3.54. The number of carbonyl (C=O) groups excluding carboxylic acids is 2. The zero-order valence-electron chi connectivity index (χ0n) is 11.9. The summed E-state index contributed by atoms with van der Waals surface area (Å²) in [5.74, 6) is -0.502. The highest BCUT2D eigenvalue weighted by Crippen LogP contribution is 2.42. The lowest BCUT2D eigenvalue weighted by Gasteiger charge is -2.10. The number of carbonyl (C=O) groups is 2. The SMILES string of the molecule is O=C1C(Sc2ccccc2)=C(Sc2ccccc2)C(=O)N1CBr. The third-order valence-corrected chi connectivity index (χ3v) is 5.94. The van der Waals surface area contributed by atoms with E-state index in [1.54, 1.807) is 0 Å². The highest BCUT2D eigenvalue weighted by atomic mass is 79.9. The van der Waals surface area contributed by atoms with E-state index in [4.69, 9.17) is 0 Å². The van der Waals surface area contributed by atoms with E-state index in [9.17, 15) is 9.59 Å². The highest BCUT2D eigenvalue weighted by Gasteiger charge is 2.38. The molecule has 0 spiro atoms. The van der Waals surface area contributed by atoms with Crippen LogP contribution in [0.3, 0.4) is 0 Å². The van der Waals surface area contributed by atoms with Gasteiger partial charge in [-0.3, -0.25) is 14.5 Å². The average Bonchev–Trinajstić information content (AvgIpc) is 2.80. The summed E-state index contributed by atoms with van der Waals surface area (Å²) in [5.41, 5.74) is 0.197. The number of hydrogen-bond acceptors (Lipinski definition) is 4. The summed E-state index contributed by atoms with van der Waals surface area (Å²) in [6.07, 6.45) is 0. The van der Waals surface area contributed by atoms with Crippen molar-refractivity contribution in [2.24, 2.45) is 0 Å². The number of thioether (sulfide) groups is 2. The Morgan fingerprint density at radius 1 is 0.739 bits per heavy atom. The number of rotatable bonds is 5. The van der Waals surface area contributed by atoms with Crippen molar-refractivity contribution in [1.29, 1.82) is 0 Å². The number of nitrogens with zero attached hydrogens (tertiary/aromatic N) is 1. The summed E-state index contributed by atoms with van der Waals surface area (Å²) in [7, 11) is 0. The van der Waals surface area contributed by atoms with E-state index >= 15 is 0 Å². The molecule has 2 aromatic rings. The van der Waals surface area contributed by atoms with Gasteiger partial charge < -0.3 is 0 Å². The number of halogens is 1. The molecule has 23 heavy (non-hydrogen) atoms. The van der Waals surface area contributed by atoms with Gasteiger partial charge in [0, 0.05) is 9.79 Å². The van der Waals surface area contributed by atoms with Gasteiger partial charge in [-0.25, -0.2) is 0 Å². The molecule has 116 valence electrons. The highest BCUT2D eigenvalue weighted by molar-refractivity contribution is 9.09. The van der Waals surface area contributed by atoms with Gasteiger partial charge in [0.25, 0.3) is 11.8 Å². The first-order chi connectivity index (χ1) is 11.2. The maximum atomic E-state index is 12.5. The van der Waals surface area contributed by atoms with Gasteiger partial charge in [-0.15, -0.1) is 0 Å². The van der Waals surface area contributed by atoms with Gasteiger partial charge in [-0.05, 0) is 24.3 Å². The molecule has 0 fully saturated rings. The lowest BCUT2D eigenvalue weighted by Crippen LogP contribution is -2.29. The van der Waals surface area contributed by atoms with Crippen molar-refractivity contribution in [2.45, 2.75) is 9.79 Å². The lowest BCUT2D eigenvalue weighted by molar-refractivity contribution is -0.135. The second kappa shape index (κ2) is 7.38. The number of alkyl halides is 1. The van der Waals surface area contributed by atoms with E-state index < -0.39 is 0 Å². The number of benzene rings is 2. The van der Waals surface area contributed by atoms with Crippen molar-refractivity contribution >= 4 is 51.3 Å². The van der Waals surface area contributed by atoms with E-state index in [-0.39, 0.29) is 17.3 Å². The van der Waals surface area contributed by atoms with Crippen molar-refractivity contribution < 1.29 is 9.59 Å². The summed E-state index contributed by atoms with van der Waals surface area (Å²) < 4.78 is 0. The van der Waals surface area contributed by atoms with E-state index in [1.807, 2.05) is 60.7 Å². The first kappa shape index (κ1) is 16.4.